The van der Waals surface area contributed by atoms with E-state index in [0.29, 0.717) is 0 Å². The van der Waals surface area contributed by atoms with Crippen LogP contribution in [0.25, 0.3) is 0 Å². The van der Waals surface area contributed by atoms with Crippen molar-refractivity contribution in [3.8, 4) is 5.75 Å². The Hall–Kier alpha value is -1.02. The highest BCUT2D eigenvalue weighted by Crippen LogP contribution is 2.24. The average molecular weight is 149 g/mol. The molecule has 0 saturated heterocycles. The van der Waals surface area contributed by atoms with Crippen LogP contribution in [0.4, 0.5) is 0 Å². The Morgan fingerprint density at radius 3 is 3.09 bits per heavy atom. The molecule has 0 radical (unpaired) electrons. The standard InChI is InChI=1S/C9H11NO/c10-9-6-5-7-3-1-2-4-8(7)11-9/h1-4,9H,5-6,10H2. The molecule has 2 rings (SSSR count). The molecule has 0 amide bonds. The molecule has 58 valence electrons. The molecule has 2 N–H and O–H groups in total. The zero-order valence-electron chi connectivity index (χ0n) is 6.29. The maximum atomic E-state index is 5.63. The first-order valence-corrected chi connectivity index (χ1v) is 3.86. The van der Waals surface area contributed by atoms with Crippen LogP contribution in [-0.4, -0.2) is 6.23 Å². The molecule has 0 bridgehead atoms. The van der Waals surface area contributed by atoms with E-state index >= 15 is 0 Å². The van der Waals surface area contributed by atoms with Crippen molar-refractivity contribution in [3.05, 3.63) is 29.8 Å². The van der Waals surface area contributed by atoms with Crippen LogP contribution in [0.1, 0.15) is 12.0 Å². The topological polar surface area (TPSA) is 35.2 Å². The molecule has 0 aromatic heterocycles. The molecule has 1 aliphatic heterocycles. The molecule has 1 aromatic carbocycles. The Morgan fingerprint density at radius 1 is 1.36 bits per heavy atom. The van der Waals surface area contributed by atoms with E-state index in [1.54, 1.807) is 0 Å². The van der Waals surface area contributed by atoms with Gasteiger partial charge in [0.15, 0.2) is 0 Å². The summed E-state index contributed by atoms with van der Waals surface area (Å²) < 4.78 is 5.41. The third-order valence-electron chi connectivity index (χ3n) is 1.95. The van der Waals surface area contributed by atoms with Crippen molar-refractivity contribution in [2.75, 3.05) is 0 Å². The number of rotatable bonds is 0. The second-order valence-corrected chi connectivity index (χ2v) is 2.80. The van der Waals surface area contributed by atoms with Gasteiger partial charge in [0.25, 0.3) is 0 Å². The first-order chi connectivity index (χ1) is 5.36. The molecule has 0 saturated carbocycles. The first kappa shape index (κ1) is 6.68. The van der Waals surface area contributed by atoms with Crippen LogP contribution in [0.2, 0.25) is 0 Å². The third-order valence-corrected chi connectivity index (χ3v) is 1.95. The van der Waals surface area contributed by atoms with Crippen LogP contribution < -0.4 is 10.5 Å². The number of aryl methyl sites for hydroxylation is 1. The molecule has 0 spiro atoms. The molecular formula is C9H11NO. The van der Waals surface area contributed by atoms with Crippen molar-refractivity contribution in [2.24, 2.45) is 5.73 Å². The van der Waals surface area contributed by atoms with Gasteiger partial charge in [-0.3, -0.25) is 5.73 Å². The normalized spacial score (nSPS) is 22.1. The van der Waals surface area contributed by atoms with Crippen molar-refractivity contribution >= 4 is 0 Å². The lowest BCUT2D eigenvalue weighted by atomic mass is 10.1. The minimum atomic E-state index is -0.107. The highest BCUT2D eigenvalue weighted by atomic mass is 16.5. The zero-order valence-corrected chi connectivity index (χ0v) is 6.29. The van der Waals surface area contributed by atoms with Crippen LogP contribution in [0.3, 0.4) is 0 Å². The number of hydrogen-bond donors (Lipinski definition) is 1. The minimum Gasteiger partial charge on any atom is -0.475 e. The van der Waals surface area contributed by atoms with Crippen molar-refractivity contribution in [1.82, 2.24) is 0 Å². The fraction of sp³-hybridized carbons (Fsp3) is 0.333. The monoisotopic (exact) mass is 149 g/mol. The zero-order chi connectivity index (χ0) is 7.68. The lowest BCUT2D eigenvalue weighted by molar-refractivity contribution is 0.181. The maximum absolute atomic E-state index is 5.63. The lowest BCUT2D eigenvalue weighted by Gasteiger charge is -2.22. The molecular weight excluding hydrogens is 138 g/mol. The molecule has 11 heavy (non-hydrogen) atoms. The summed E-state index contributed by atoms with van der Waals surface area (Å²) >= 11 is 0. The predicted octanol–water partition coefficient (Wildman–Crippen LogP) is 1.30. The van der Waals surface area contributed by atoms with Crippen LogP contribution in [0, 0.1) is 0 Å². The fourth-order valence-electron chi connectivity index (χ4n) is 1.35. The van der Waals surface area contributed by atoms with E-state index in [1.807, 2.05) is 18.2 Å². The number of para-hydroxylation sites is 1. The molecule has 1 unspecified atom stereocenters. The van der Waals surface area contributed by atoms with Gasteiger partial charge in [0.1, 0.15) is 12.0 Å². The van der Waals surface area contributed by atoms with Gasteiger partial charge in [-0.1, -0.05) is 18.2 Å². The highest BCUT2D eigenvalue weighted by Gasteiger charge is 2.14. The second kappa shape index (κ2) is 2.55. The largest absolute Gasteiger partial charge is 0.475 e. The summed E-state index contributed by atoms with van der Waals surface area (Å²) in [5.74, 6) is 0.950. The highest BCUT2D eigenvalue weighted by molar-refractivity contribution is 5.34. The van der Waals surface area contributed by atoms with E-state index < -0.39 is 0 Å². The lowest BCUT2D eigenvalue weighted by Crippen LogP contribution is -2.30. The smallest absolute Gasteiger partial charge is 0.148 e. The molecule has 2 heteroatoms. The Labute approximate surface area is 66.0 Å². The summed E-state index contributed by atoms with van der Waals surface area (Å²) in [5, 5.41) is 0. The quantitative estimate of drug-likeness (QED) is 0.603. The van der Waals surface area contributed by atoms with E-state index in [2.05, 4.69) is 6.07 Å². The van der Waals surface area contributed by atoms with Crippen LogP contribution in [-0.2, 0) is 6.42 Å². The van der Waals surface area contributed by atoms with Crippen LogP contribution in [0.5, 0.6) is 5.75 Å². The van der Waals surface area contributed by atoms with Gasteiger partial charge in [-0.15, -0.1) is 0 Å². The van der Waals surface area contributed by atoms with Crippen molar-refractivity contribution in [1.29, 1.82) is 0 Å². The summed E-state index contributed by atoms with van der Waals surface area (Å²) in [4.78, 5) is 0. The first-order valence-electron chi connectivity index (χ1n) is 3.86. The molecule has 1 heterocycles. The predicted molar refractivity (Wildman–Crippen MR) is 43.4 cm³/mol. The number of hydrogen-bond acceptors (Lipinski definition) is 2. The summed E-state index contributed by atoms with van der Waals surface area (Å²) in [6, 6.07) is 8.05. The van der Waals surface area contributed by atoms with E-state index in [1.165, 1.54) is 5.56 Å². The summed E-state index contributed by atoms with van der Waals surface area (Å²) in [6.45, 7) is 0. The Morgan fingerprint density at radius 2 is 2.18 bits per heavy atom. The molecule has 0 aliphatic carbocycles. The van der Waals surface area contributed by atoms with Crippen molar-refractivity contribution in [2.45, 2.75) is 19.1 Å². The Kier molecular flexibility index (Phi) is 1.55. The van der Waals surface area contributed by atoms with Gasteiger partial charge in [-0.2, -0.15) is 0 Å². The van der Waals surface area contributed by atoms with Gasteiger partial charge in [0, 0.05) is 6.42 Å². The summed E-state index contributed by atoms with van der Waals surface area (Å²) in [7, 11) is 0. The van der Waals surface area contributed by atoms with E-state index in [0.717, 1.165) is 18.6 Å². The average Bonchev–Trinajstić information content (AvgIpc) is 2.04. The molecule has 1 atom stereocenters. The van der Waals surface area contributed by atoms with Gasteiger partial charge >= 0.3 is 0 Å². The van der Waals surface area contributed by atoms with E-state index in [-0.39, 0.29) is 6.23 Å². The summed E-state index contributed by atoms with van der Waals surface area (Å²) in [5.41, 5.74) is 6.90. The SMILES string of the molecule is NC1CCc2ccccc2O1. The van der Waals surface area contributed by atoms with E-state index in [4.69, 9.17) is 10.5 Å². The Balaban J connectivity index is 2.34. The number of nitrogens with two attached hydrogens (primary N) is 1. The molecule has 0 fully saturated rings. The molecule has 1 aliphatic rings. The number of benzene rings is 1. The number of ether oxygens (including phenoxy) is 1. The van der Waals surface area contributed by atoms with E-state index in [9.17, 15) is 0 Å². The maximum Gasteiger partial charge on any atom is 0.148 e. The van der Waals surface area contributed by atoms with Gasteiger partial charge in [0.2, 0.25) is 0 Å². The van der Waals surface area contributed by atoms with Crippen LogP contribution >= 0.6 is 0 Å². The Bertz CT molecular complexity index is 259. The van der Waals surface area contributed by atoms with Crippen molar-refractivity contribution < 1.29 is 4.74 Å². The third kappa shape index (κ3) is 1.21. The summed E-state index contributed by atoms with van der Waals surface area (Å²) in [6.07, 6.45) is 1.86. The fourth-order valence-corrected chi connectivity index (χ4v) is 1.35. The second-order valence-electron chi connectivity index (χ2n) is 2.80. The molecule has 1 aromatic rings. The van der Waals surface area contributed by atoms with Gasteiger partial charge in [-0.05, 0) is 18.1 Å². The van der Waals surface area contributed by atoms with Crippen LogP contribution in [0.15, 0.2) is 24.3 Å². The van der Waals surface area contributed by atoms with Gasteiger partial charge < -0.3 is 4.74 Å². The minimum absolute atomic E-state index is 0.107. The molecule has 2 nitrogen and oxygen atoms in total. The number of fused-ring (bicyclic) bond motifs is 1. The van der Waals surface area contributed by atoms with Gasteiger partial charge in [-0.25, -0.2) is 0 Å². The van der Waals surface area contributed by atoms with Crippen molar-refractivity contribution in [3.63, 3.8) is 0 Å². The van der Waals surface area contributed by atoms with Gasteiger partial charge in [0.05, 0.1) is 0 Å².